The maximum atomic E-state index is 13.0. The highest BCUT2D eigenvalue weighted by atomic mass is 32.3. The fraction of sp³-hybridized carbons (Fsp3) is 0.417. The standard InChI is InChI=1S/C12H13FN2O6S/c1-21-10-4-2-3-9(11(10)15(17)18)12(16)14-6-5-8(7-14)22(13,19)20/h2-4,8H,5-7H2,1H3. The highest BCUT2D eigenvalue weighted by Gasteiger charge is 2.37. The van der Waals surface area contributed by atoms with Gasteiger partial charge in [-0.3, -0.25) is 14.9 Å². The molecule has 1 aromatic rings. The van der Waals surface area contributed by atoms with Gasteiger partial charge in [0, 0.05) is 13.1 Å². The third-order valence-electron chi connectivity index (χ3n) is 3.46. The molecule has 22 heavy (non-hydrogen) atoms. The Hall–Kier alpha value is -2.23. The molecular weight excluding hydrogens is 319 g/mol. The molecule has 0 bridgehead atoms. The molecule has 0 radical (unpaired) electrons. The lowest BCUT2D eigenvalue weighted by Crippen LogP contribution is -2.31. The lowest BCUT2D eigenvalue weighted by Gasteiger charge is -2.16. The summed E-state index contributed by atoms with van der Waals surface area (Å²) in [6, 6.07) is 4.01. The van der Waals surface area contributed by atoms with Gasteiger partial charge in [0.25, 0.3) is 5.91 Å². The van der Waals surface area contributed by atoms with Crippen LogP contribution in [-0.4, -0.2) is 49.6 Å². The van der Waals surface area contributed by atoms with E-state index in [1.807, 2.05) is 0 Å². The number of hydrogen-bond donors (Lipinski definition) is 0. The van der Waals surface area contributed by atoms with Crippen molar-refractivity contribution in [3.63, 3.8) is 0 Å². The van der Waals surface area contributed by atoms with Crippen LogP contribution in [0.4, 0.5) is 9.57 Å². The SMILES string of the molecule is COc1cccc(C(=O)N2CCC(S(=O)(=O)F)C2)c1[N+](=O)[O-]. The van der Waals surface area contributed by atoms with Crippen molar-refractivity contribution in [2.75, 3.05) is 20.2 Å². The predicted octanol–water partition coefficient (Wildman–Crippen LogP) is 1.12. The van der Waals surface area contributed by atoms with E-state index >= 15 is 0 Å². The number of carbonyl (C=O) groups is 1. The Bertz CT molecular complexity index is 720. The maximum absolute atomic E-state index is 13.0. The van der Waals surface area contributed by atoms with Crippen molar-refractivity contribution in [1.82, 2.24) is 4.90 Å². The smallest absolute Gasteiger partial charge is 0.323 e. The van der Waals surface area contributed by atoms with E-state index in [9.17, 15) is 27.2 Å². The summed E-state index contributed by atoms with van der Waals surface area (Å²) in [6.45, 7) is -0.312. The number of rotatable bonds is 4. The van der Waals surface area contributed by atoms with Crippen molar-refractivity contribution in [1.29, 1.82) is 0 Å². The second-order valence-corrected chi connectivity index (χ2v) is 6.37. The molecular formula is C12H13FN2O6S. The Morgan fingerprint density at radius 1 is 1.50 bits per heavy atom. The topological polar surface area (TPSA) is 107 Å². The van der Waals surface area contributed by atoms with E-state index in [4.69, 9.17) is 4.74 Å². The first kappa shape index (κ1) is 16.1. The van der Waals surface area contributed by atoms with E-state index in [0.717, 1.165) is 4.90 Å². The molecule has 1 saturated heterocycles. The van der Waals surface area contributed by atoms with Crippen LogP contribution in [0, 0.1) is 10.1 Å². The highest BCUT2D eigenvalue weighted by molar-refractivity contribution is 7.87. The number of benzene rings is 1. The molecule has 1 fully saturated rings. The Morgan fingerprint density at radius 2 is 2.18 bits per heavy atom. The molecule has 0 saturated carbocycles. The van der Waals surface area contributed by atoms with Gasteiger partial charge in [0.15, 0.2) is 5.75 Å². The highest BCUT2D eigenvalue weighted by Crippen LogP contribution is 2.32. The average Bonchev–Trinajstić information content (AvgIpc) is 2.95. The van der Waals surface area contributed by atoms with Crippen molar-refractivity contribution in [2.45, 2.75) is 11.7 Å². The molecule has 1 aliphatic heterocycles. The number of methoxy groups -OCH3 is 1. The number of nitrogens with zero attached hydrogens (tertiary/aromatic N) is 2. The minimum absolute atomic E-state index is 0.0149. The fourth-order valence-electron chi connectivity index (χ4n) is 2.36. The van der Waals surface area contributed by atoms with E-state index in [-0.39, 0.29) is 30.8 Å². The van der Waals surface area contributed by atoms with Crippen molar-refractivity contribution >= 4 is 21.8 Å². The molecule has 1 aliphatic rings. The van der Waals surface area contributed by atoms with Crippen LogP contribution in [0.5, 0.6) is 5.75 Å². The number of amides is 1. The van der Waals surface area contributed by atoms with Gasteiger partial charge in [-0.1, -0.05) is 6.07 Å². The minimum Gasteiger partial charge on any atom is -0.490 e. The first-order valence-corrected chi connectivity index (χ1v) is 7.74. The van der Waals surface area contributed by atoms with Gasteiger partial charge in [0.2, 0.25) is 0 Å². The van der Waals surface area contributed by atoms with Gasteiger partial charge in [-0.2, -0.15) is 8.42 Å². The molecule has 10 heteroatoms. The zero-order valence-electron chi connectivity index (χ0n) is 11.6. The van der Waals surface area contributed by atoms with E-state index < -0.39 is 32.0 Å². The Morgan fingerprint density at radius 3 is 2.68 bits per heavy atom. The third-order valence-corrected chi connectivity index (χ3v) is 4.64. The summed E-state index contributed by atoms with van der Waals surface area (Å²) in [4.78, 5) is 23.8. The maximum Gasteiger partial charge on any atom is 0.323 e. The van der Waals surface area contributed by atoms with Gasteiger partial charge in [-0.25, -0.2) is 0 Å². The summed E-state index contributed by atoms with van der Waals surface area (Å²) in [5.74, 6) is -0.804. The lowest BCUT2D eigenvalue weighted by molar-refractivity contribution is -0.386. The summed E-state index contributed by atoms with van der Waals surface area (Å²) >= 11 is 0. The summed E-state index contributed by atoms with van der Waals surface area (Å²) in [6.07, 6.45) is -0.0393. The molecule has 0 spiro atoms. The summed E-state index contributed by atoms with van der Waals surface area (Å²) < 4.78 is 39.6. The van der Waals surface area contributed by atoms with Crippen molar-refractivity contribution in [3.05, 3.63) is 33.9 Å². The van der Waals surface area contributed by atoms with Crippen LogP contribution in [0.15, 0.2) is 18.2 Å². The molecule has 8 nitrogen and oxygen atoms in total. The second kappa shape index (κ2) is 5.87. The Balaban J connectivity index is 2.34. The van der Waals surface area contributed by atoms with Crippen LogP contribution in [0.3, 0.4) is 0 Å². The number of hydrogen-bond acceptors (Lipinski definition) is 6. The van der Waals surface area contributed by atoms with Crippen molar-refractivity contribution < 1.29 is 26.8 Å². The number of halogens is 1. The zero-order chi connectivity index (χ0) is 16.5. The van der Waals surface area contributed by atoms with Gasteiger partial charge < -0.3 is 9.64 Å². The van der Waals surface area contributed by atoms with Gasteiger partial charge in [0.05, 0.1) is 12.0 Å². The normalized spacial score (nSPS) is 18.3. The van der Waals surface area contributed by atoms with Crippen molar-refractivity contribution in [3.8, 4) is 5.75 Å². The monoisotopic (exact) mass is 332 g/mol. The fourth-order valence-corrected chi connectivity index (χ4v) is 3.11. The van der Waals surface area contributed by atoms with Gasteiger partial charge in [0.1, 0.15) is 10.8 Å². The molecule has 120 valence electrons. The van der Waals surface area contributed by atoms with Crippen LogP contribution in [0.1, 0.15) is 16.8 Å². The van der Waals surface area contributed by atoms with Gasteiger partial charge >= 0.3 is 15.9 Å². The first-order valence-electron chi connectivity index (χ1n) is 6.30. The molecule has 2 rings (SSSR count). The van der Waals surface area contributed by atoms with E-state index in [1.54, 1.807) is 0 Å². The van der Waals surface area contributed by atoms with Gasteiger partial charge in [-0.15, -0.1) is 3.89 Å². The van der Waals surface area contributed by atoms with E-state index in [1.165, 1.54) is 25.3 Å². The van der Waals surface area contributed by atoms with E-state index in [2.05, 4.69) is 0 Å². The zero-order valence-corrected chi connectivity index (χ0v) is 12.4. The molecule has 1 heterocycles. The number of carbonyl (C=O) groups excluding carboxylic acids is 1. The molecule has 1 aromatic carbocycles. The number of likely N-dealkylation sites (tertiary alicyclic amines) is 1. The lowest BCUT2D eigenvalue weighted by atomic mass is 10.1. The van der Waals surface area contributed by atoms with Crippen LogP contribution >= 0.6 is 0 Å². The number of para-hydroxylation sites is 1. The summed E-state index contributed by atoms with van der Waals surface area (Å²) in [5.41, 5.74) is -0.720. The molecule has 0 aliphatic carbocycles. The first-order chi connectivity index (χ1) is 10.3. The number of nitro benzene ring substituents is 1. The third kappa shape index (κ3) is 3.01. The van der Waals surface area contributed by atoms with Crippen molar-refractivity contribution in [2.24, 2.45) is 0 Å². The predicted molar refractivity (Wildman–Crippen MR) is 74.0 cm³/mol. The van der Waals surface area contributed by atoms with Crippen LogP contribution in [0.25, 0.3) is 0 Å². The molecule has 0 aromatic heterocycles. The molecule has 0 N–H and O–H groups in total. The number of nitro groups is 1. The second-order valence-electron chi connectivity index (χ2n) is 4.75. The van der Waals surface area contributed by atoms with Crippen LogP contribution in [0.2, 0.25) is 0 Å². The van der Waals surface area contributed by atoms with E-state index in [0.29, 0.717) is 0 Å². The summed E-state index contributed by atoms with van der Waals surface area (Å²) in [7, 11) is -3.51. The van der Waals surface area contributed by atoms with Gasteiger partial charge in [-0.05, 0) is 18.6 Å². The largest absolute Gasteiger partial charge is 0.490 e. The van der Waals surface area contributed by atoms with Crippen LogP contribution in [-0.2, 0) is 10.2 Å². The molecule has 1 atom stereocenters. The Labute approximate surface area is 125 Å². The molecule has 1 amide bonds. The van der Waals surface area contributed by atoms with Crippen LogP contribution < -0.4 is 4.74 Å². The minimum atomic E-state index is -4.74. The number of ether oxygens (including phenoxy) is 1. The Kier molecular flexibility index (Phi) is 4.31. The molecule has 1 unspecified atom stereocenters. The summed E-state index contributed by atoms with van der Waals surface area (Å²) in [5, 5.41) is 9.85. The quantitative estimate of drug-likeness (QED) is 0.464. The average molecular weight is 332 g/mol.